The maximum absolute atomic E-state index is 3.65. The SMILES string of the molecule is CC1(C)c2cc(Br)ccc2-c2ccc(C34CCC(CC3)C4)cc21. The zero-order valence-electron chi connectivity index (χ0n) is 14.0. The van der Waals surface area contributed by atoms with Gasteiger partial charge in [-0.2, -0.15) is 0 Å². The summed E-state index contributed by atoms with van der Waals surface area (Å²) in [7, 11) is 0. The van der Waals surface area contributed by atoms with Crippen molar-refractivity contribution in [3.8, 4) is 11.1 Å². The molecule has 0 radical (unpaired) electrons. The fourth-order valence-electron chi connectivity index (χ4n) is 5.64. The molecule has 2 aromatic carbocycles. The van der Waals surface area contributed by atoms with Gasteiger partial charge in [-0.1, -0.05) is 54.0 Å². The van der Waals surface area contributed by atoms with E-state index < -0.39 is 0 Å². The van der Waals surface area contributed by atoms with Crippen LogP contribution in [0.2, 0.25) is 0 Å². The van der Waals surface area contributed by atoms with Gasteiger partial charge in [-0.3, -0.25) is 0 Å². The molecule has 0 aromatic heterocycles. The molecule has 0 spiro atoms. The highest BCUT2D eigenvalue weighted by Crippen LogP contribution is 2.57. The molecule has 0 saturated heterocycles. The fourth-order valence-corrected chi connectivity index (χ4v) is 6.00. The monoisotopic (exact) mass is 366 g/mol. The van der Waals surface area contributed by atoms with Crippen molar-refractivity contribution in [2.45, 2.75) is 56.8 Å². The summed E-state index contributed by atoms with van der Waals surface area (Å²) in [5, 5.41) is 0. The molecular weight excluding hydrogens is 344 g/mol. The first kappa shape index (κ1) is 14.3. The molecule has 0 unspecified atom stereocenters. The Morgan fingerprint density at radius 2 is 1.57 bits per heavy atom. The van der Waals surface area contributed by atoms with E-state index in [4.69, 9.17) is 0 Å². The molecule has 5 rings (SSSR count). The first-order valence-electron chi connectivity index (χ1n) is 8.95. The van der Waals surface area contributed by atoms with Crippen LogP contribution in [0.1, 0.15) is 62.6 Å². The molecule has 0 atom stereocenters. The average Bonchev–Trinajstić information content (AvgIpc) is 3.21. The van der Waals surface area contributed by atoms with Crippen molar-refractivity contribution in [3.05, 3.63) is 57.6 Å². The van der Waals surface area contributed by atoms with Crippen LogP contribution in [-0.2, 0) is 10.8 Å². The summed E-state index contributed by atoms with van der Waals surface area (Å²) in [6.07, 6.45) is 7.16. The number of halogens is 1. The van der Waals surface area contributed by atoms with E-state index in [1.165, 1.54) is 58.8 Å². The Morgan fingerprint density at radius 3 is 2.22 bits per heavy atom. The number of hydrogen-bond acceptors (Lipinski definition) is 0. The summed E-state index contributed by atoms with van der Waals surface area (Å²) in [6.45, 7) is 4.77. The second-order valence-electron chi connectivity index (χ2n) is 8.50. The van der Waals surface area contributed by atoms with E-state index >= 15 is 0 Å². The number of rotatable bonds is 1. The highest BCUT2D eigenvalue weighted by molar-refractivity contribution is 9.10. The second kappa shape index (κ2) is 4.51. The largest absolute Gasteiger partial charge is 0.0578 e. The van der Waals surface area contributed by atoms with Crippen molar-refractivity contribution in [3.63, 3.8) is 0 Å². The maximum Gasteiger partial charge on any atom is 0.0178 e. The molecule has 3 aliphatic carbocycles. The van der Waals surface area contributed by atoms with Gasteiger partial charge in [0.25, 0.3) is 0 Å². The third-order valence-corrected chi connectivity index (χ3v) is 7.49. The van der Waals surface area contributed by atoms with E-state index in [0.717, 1.165) is 5.92 Å². The van der Waals surface area contributed by atoms with Gasteiger partial charge < -0.3 is 0 Å². The lowest BCUT2D eigenvalue weighted by Gasteiger charge is -2.29. The quantitative estimate of drug-likeness (QED) is 0.534. The minimum atomic E-state index is 0.109. The minimum Gasteiger partial charge on any atom is -0.0578 e. The van der Waals surface area contributed by atoms with E-state index in [2.05, 4.69) is 66.2 Å². The molecule has 0 amide bonds. The smallest absolute Gasteiger partial charge is 0.0178 e. The van der Waals surface area contributed by atoms with Gasteiger partial charge in [0.1, 0.15) is 0 Å². The molecule has 0 heterocycles. The van der Waals surface area contributed by atoms with Crippen molar-refractivity contribution in [2.75, 3.05) is 0 Å². The van der Waals surface area contributed by atoms with Crippen molar-refractivity contribution < 1.29 is 0 Å². The van der Waals surface area contributed by atoms with Gasteiger partial charge >= 0.3 is 0 Å². The van der Waals surface area contributed by atoms with Crippen LogP contribution in [-0.4, -0.2) is 0 Å². The first-order valence-corrected chi connectivity index (χ1v) is 9.74. The van der Waals surface area contributed by atoms with Crippen LogP contribution in [0, 0.1) is 5.92 Å². The van der Waals surface area contributed by atoms with Crippen LogP contribution in [0.3, 0.4) is 0 Å². The van der Waals surface area contributed by atoms with Gasteiger partial charge in [0, 0.05) is 9.89 Å². The molecule has 0 N–H and O–H groups in total. The van der Waals surface area contributed by atoms with Crippen LogP contribution in [0.5, 0.6) is 0 Å². The molecule has 2 bridgehead atoms. The van der Waals surface area contributed by atoms with Gasteiger partial charge in [-0.05, 0) is 83.4 Å². The van der Waals surface area contributed by atoms with Gasteiger partial charge in [0.15, 0.2) is 0 Å². The van der Waals surface area contributed by atoms with Crippen LogP contribution < -0.4 is 0 Å². The zero-order valence-corrected chi connectivity index (χ0v) is 15.5. The molecule has 2 fully saturated rings. The van der Waals surface area contributed by atoms with E-state index in [1.54, 1.807) is 5.56 Å². The average molecular weight is 367 g/mol. The Labute approximate surface area is 147 Å². The normalized spacial score (nSPS) is 29.6. The summed E-state index contributed by atoms with van der Waals surface area (Å²) in [5.41, 5.74) is 8.11. The highest BCUT2D eigenvalue weighted by Gasteiger charge is 2.46. The fraction of sp³-hybridized carbons (Fsp3) is 0.455. The lowest BCUT2D eigenvalue weighted by atomic mass is 9.75. The third-order valence-electron chi connectivity index (χ3n) is 6.99. The molecule has 118 valence electrons. The molecule has 3 aliphatic rings. The number of hydrogen-bond donors (Lipinski definition) is 0. The second-order valence-corrected chi connectivity index (χ2v) is 9.42. The summed E-state index contributed by atoms with van der Waals surface area (Å²) in [4.78, 5) is 0. The maximum atomic E-state index is 3.65. The predicted molar refractivity (Wildman–Crippen MR) is 100.0 cm³/mol. The van der Waals surface area contributed by atoms with Crippen molar-refractivity contribution in [1.29, 1.82) is 0 Å². The van der Waals surface area contributed by atoms with Crippen molar-refractivity contribution in [2.24, 2.45) is 5.92 Å². The minimum absolute atomic E-state index is 0.109. The Bertz CT molecular complexity index is 807. The standard InChI is InChI=1S/C22H23Br/c1-21(2)19-11-15(22-9-7-14(13-22)8-10-22)3-5-17(19)18-6-4-16(23)12-20(18)21/h3-6,11-12,14H,7-10,13H2,1-2H3. The van der Waals surface area contributed by atoms with E-state index in [0.29, 0.717) is 5.41 Å². The zero-order chi connectivity index (χ0) is 15.8. The highest BCUT2D eigenvalue weighted by atomic mass is 79.9. The third kappa shape index (κ3) is 1.83. The summed E-state index contributed by atoms with van der Waals surface area (Å²) >= 11 is 3.65. The molecule has 2 aromatic rings. The molecule has 2 saturated carbocycles. The molecule has 0 nitrogen and oxygen atoms in total. The van der Waals surface area contributed by atoms with E-state index in [1.807, 2.05) is 0 Å². The van der Waals surface area contributed by atoms with Crippen LogP contribution in [0.15, 0.2) is 40.9 Å². The predicted octanol–water partition coefficient (Wildman–Crippen LogP) is 6.59. The number of benzene rings is 2. The summed E-state index contributed by atoms with van der Waals surface area (Å²) in [5.74, 6) is 1.00. The van der Waals surface area contributed by atoms with Gasteiger partial charge in [0.05, 0.1) is 0 Å². The van der Waals surface area contributed by atoms with Crippen LogP contribution >= 0.6 is 15.9 Å². The van der Waals surface area contributed by atoms with Crippen molar-refractivity contribution in [1.82, 2.24) is 0 Å². The van der Waals surface area contributed by atoms with E-state index in [9.17, 15) is 0 Å². The molecule has 0 aliphatic heterocycles. The Hall–Kier alpha value is -1.08. The topological polar surface area (TPSA) is 0 Å². The number of fused-ring (bicyclic) bond motifs is 5. The van der Waals surface area contributed by atoms with Crippen molar-refractivity contribution >= 4 is 15.9 Å². The van der Waals surface area contributed by atoms with Gasteiger partial charge in [-0.25, -0.2) is 0 Å². The first-order chi connectivity index (χ1) is 11.0. The lowest BCUT2D eigenvalue weighted by Crippen LogP contribution is -2.21. The molecule has 1 heteroatoms. The summed E-state index contributed by atoms with van der Waals surface area (Å²) < 4.78 is 1.19. The van der Waals surface area contributed by atoms with E-state index in [-0.39, 0.29) is 5.41 Å². The van der Waals surface area contributed by atoms with Gasteiger partial charge in [-0.15, -0.1) is 0 Å². The van der Waals surface area contributed by atoms with Crippen LogP contribution in [0.4, 0.5) is 0 Å². The van der Waals surface area contributed by atoms with Crippen LogP contribution in [0.25, 0.3) is 11.1 Å². The Balaban J connectivity index is 1.68. The molecular formula is C22H23Br. The van der Waals surface area contributed by atoms with Gasteiger partial charge in [0.2, 0.25) is 0 Å². The Morgan fingerprint density at radius 1 is 0.913 bits per heavy atom. The lowest BCUT2D eigenvalue weighted by molar-refractivity contribution is 0.418. The molecule has 23 heavy (non-hydrogen) atoms. The Kier molecular flexibility index (Phi) is 2.80. The summed E-state index contributed by atoms with van der Waals surface area (Å²) in [6, 6.07) is 14.2.